The molecular formula is C12H23NO2. The van der Waals surface area contributed by atoms with E-state index in [9.17, 15) is 9.90 Å². The van der Waals surface area contributed by atoms with Gasteiger partial charge in [-0.05, 0) is 38.8 Å². The summed E-state index contributed by atoms with van der Waals surface area (Å²) >= 11 is 0. The number of carboxylic acid groups (broad SMARTS) is 1. The van der Waals surface area contributed by atoms with Crippen LogP contribution in [-0.2, 0) is 4.79 Å². The van der Waals surface area contributed by atoms with Gasteiger partial charge in [0, 0.05) is 6.04 Å². The molecule has 0 aromatic heterocycles. The average Bonchev–Trinajstić information content (AvgIpc) is 1.97. The predicted octanol–water partition coefficient (Wildman–Crippen LogP) is 2.07. The van der Waals surface area contributed by atoms with Crippen LogP contribution in [0.1, 0.15) is 33.1 Å². The maximum absolute atomic E-state index is 11.3. The number of hydrogen-bond donors (Lipinski definition) is 1. The van der Waals surface area contributed by atoms with Crippen LogP contribution >= 0.6 is 0 Å². The summed E-state index contributed by atoms with van der Waals surface area (Å²) in [6.07, 6.45) is 3.65. The highest BCUT2D eigenvalue weighted by atomic mass is 16.4. The molecule has 2 atom stereocenters. The minimum Gasteiger partial charge on any atom is -0.481 e. The Morgan fingerprint density at radius 2 is 1.87 bits per heavy atom. The summed E-state index contributed by atoms with van der Waals surface area (Å²) < 4.78 is 0. The highest BCUT2D eigenvalue weighted by Crippen LogP contribution is 2.37. The van der Waals surface area contributed by atoms with Gasteiger partial charge in [-0.3, -0.25) is 4.79 Å². The van der Waals surface area contributed by atoms with Crippen molar-refractivity contribution < 1.29 is 9.90 Å². The molecule has 1 saturated carbocycles. The quantitative estimate of drug-likeness (QED) is 0.760. The normalized spacial score (nSPS) is 21.5. The fourth-order valence-electron chi connectivity index (χ4n) is 2.64. The molecule has 15 heavy (non-hydrogen) atoms. The molecule has 1 N–H and O–H groups in total. The number of carboxylic acids is 1. The molecule has 1 aliphatic carbocycles. The largest absolute Gasteiger partial charge is 0.481 e. The average molecular weight is 213 g/mol. The molecular weight excluding hydrogens is 190 g/mol. The third kappa shape index (κ3) is 2.71. The van der Waals surface area contributed by atoms with Crippen molar-refractivity contribution in [3.63, 3.8) is 0 Å². The highest BCUT2D eigenvalue weighted by molar-refractivity contribution is 5.71. The Labute approximate surface area is 92.5 Å². The van der Waals surface area contributed by atoms with E-state index in [4.69, 9.17) is 0 Å². The lowest BCUT2D eigenvalue weighted by molar-refractivity contribution is -0.147. The highest BCUT2D eigenvalue weighted by Gasteiger charge is 2.39. The van der Waals surface area contributed by atoms with Gasteiger partial charge in [-0.2, -0.15) is 0 Å². The molecule has 0 amide bonds. The van der Waals surface area contributed by atoms with Crippen molar-refractivity contribution in [1.29, 1.82) is 0 Å². The van der Waals surface area contributed by atoms with Crippen molar-refractivity contribution in [3.8, 4) is 0 Å². The molecule has 2 unspecified atom stereocenters. The molecule has 0 aromatic carbocycles. The second kappa shape index (κ2) is 4.97. The predicted molar refractivity (Wildman–Crippen MR) is 60.8 cm³/mol. The number of rotatable bonds is 5. The summed E-state index contributed by atoms with van der Waals surface area (Å²) in [6, 6.07) is 0.205. The van der Waals surface area contributed by atoms with Crippen molar-refractivity contribution in [1.82, 2.24) is 4.90 Å². The summed E-state index contributed by atoms with van der Waals surface area (Å²) in [7, 11) is 4.00. The molecule has 0 saturated heterocycles. The van der Waals surface area contributed by atoms with Gasteiger partial charge in [-0.15, -0.1) is 0 Å². The van der Waals surface area contributed by atoms with Crippen molar-refractivity contribution in [2.75, 3.05) is 14.1 Å². The fraction of sp³-hybridized carbons (Fsp3) is 0.917. The molecule has 3 nitrogen and oxygen atoms in total. The smallest absolute Gasteiger partial charge is 0.308 e. The molecule has 1 aliphatic rings. The van der Waals surface area contributed by atoms with E-state index in [0.717, 1.165) is 0 Å². The van der Waals surface area contributed by atoms with Gasteiger partial charge in [0.2, 0.25) is 0 Å². The summed E-state index contributed by atoms with van der Waals surface area (Å²) in [5.74, 6) is -0.0834. The Kier molecular flexibility index (Phi) is 4.14. The zero-order valence-corrected chi connectivity index (χ0v) is 10.2. The molecule has 0 spiro atoms. The lowest BCUT2D eigenvalue weighted by Gasteiger charge is -2.42. The molecule has 88 valence electrons. The summed E-state index contributed by atoms with van der Waals surface area (Å²) in [5, 5.41) is 9.30. The topological polar surface area (TPSA) is 40.5 Å². The van der Waals surface area contributed by atoms with Crippen LogP contribution in [-0.4, -0.2) is 36.1 Å². The van der Waals surface area contributed by atoms with Crippen LogP contribution in [0.2, 0.25) is 0 Å². The first-order valence-electron chi connectivity index (χ1n) is 5.84. The first-order valence-corrected chi connectivity index (χ1v) is 5.84. The Morgan fingerprint density at radius 1 is 1.33 bits per heavy atom. The molecule has 0 bridgehead atoms. The molecule has 0 aromatic rings. The first kappa shape index (κ1) is 12.5. The zero-order valence-electron chi connectivity index (χ0n) is 10.2. The second-order valence-electron chi connectivity index (χ2n) is 5.25. The third-order valence-electron chi connectivity index (χ3n) is 3.60. The van der Waals surface area contributed by atoms with E-state index in [1.54, 1.807) is 0 Å². The van der Waals surface area contributed by atoms with Crippen molar-refractivity contribution >= 4 is 5.97 Å². The standard InChI is InChI=1S/C12H23NO2/c1-8(2)10(12(14)15)11(13(3)4)9-6-5-7-9/h8-11H,5-7H2,1-4H3,(H,14,15). The molecule has 3 heteroatoms. The van der Waals surface area contributed by atoms with E-state index in [2.05, 4.69) is 4.90 Å². The number of hydrogen-bond acceptors (Lipinski definition) is 2. The van der Waals surface area contributed by atoms with Crippen molar-refractivity contribution in [2.45, 2.75) is 39.2 Å². The van der Waals surface area contributed by atoms with Crippen LogP contribution in [0.15, 0.2) is 0 Å². The molecule has 0 heterocycles. The maximum Gasteiger partial charge on any atom is 0.308 e. The molecule has 0 aliphatic heterocycles. The molecule has 1 fully saturated rings. The van der Waals surface area contributed by atoms with Gasteiger partial charge in [0.1, 0.15) is 0 Å². The maximum atomic E-state index is 11.3. The van der Waals surface area contributed by atoms with Crippen LogP contribution in [0.25, 0.3) is 0 Å². The van der Waals surface area contributed by atoms with Gasteiger partial charge in [-0.25, -0.2) is 0 Å². The lowest BCUT2D eigenvalue weighted by atomic mass is 9.71. The summed E-state index contributed by atoms with van der Waals surface area (Å²) in [5.41, 5.74) is 0. The van der Waals surface area contributed by atoms with Crippen LogP contribution in [0.4, 0.5) is 0 Å². The van der Waals surface area contributed by atoms with Gasteiger partial charge in [-0.1, -0.05) is 20.3 Å². The summed E-state index contributed by atoms with van der Waals surface area (Å²) in [6.45, 7) is 4.02. The summed E-state index contributed by atoms with van der Waals surface area (Å²) in [4.78, 5) is 13.4. The van der Waals surface area contributed by atoms with E-state index >= 15 is 0 Å². The Balaban J connectivity index is 2.79. The van der Waals surface area contributed by atoms with E-state index in [1.165, 1.54) is 19.3 Å². The van der Waals surface area contributed by atoms with Gasteiger partial charge in [0.05, 0.1) is 5.92 Å². The van der Waals surface area contributed by atoms with Crippen LogP contribution in [0.3, 0.4) is 0 Å². The SMILES string of the molecule is CC(C)C(C(=O)O)C(C1CCC1)N(C)C. The Hall–Kier alpha value is -0.570. The second-order valence-corrected chi connectivity index (χ2v) is 5.25. The minimum atomic E-state index is -0.643. The zero-order chi connectivity index (χ0) is 11.6. The van der Waals surface area contributed by atoms with Gasteiger partial charge in [0.25, 0.3) is 0 Å². The van der Waals surface area contributed by atoms with Crippen molar-refractivity contribution in [3.05, 3.63) is 0 Å². The monoisotopic (exact) mass is 213 g/mol. The van der Waals surface area contributed by atoms with Crippen LogP contribution in [0, 0.1) is 17.8 Å². The van der Waals surface area contributed by atoms with E-state index in [1.807, 2.05) is 27.9 Å². The minimum absolute atomic E-state index is 0.204. The van der Waals surface area contributed by atoms with Gasteiger partial charge >= 0.3 is 5.97 Å². The van der Waals surface area contributed by atoms with Gasteiger partial charge in [0.15, 0.2) is 0 Å². The first-order chi connectivity index (χ1) is 6.95. The number of carbonyl (C=O) groups is 1. The van der Waals surface area contributed by atoms with E-state index in [-0.39, 0.29) is 17.9 Å². The Bertz CT molecular complexity index is 222. The van der Waals surface area contributed by atoms with E-state index in [0.29, 0.717) is 5.92 Å². The molecule has 1 rings (SSSR count). The Morgan fingerprint density at radius 3 is 2.07 bits per heavy atom. The van der Waals surface area contributed by atoms with Crippen LogP contribution in [0.5, 0.6) is 0 Å². The lowest BCUT2D eigenvalue weighted by Crippen LogP contribution is -2.48. The number of aliphatic carboxylic acids is 1. The fourth-order valence-corrected chi connectivity index (χ4v) is 2.64. The van der Waals surface area contributed by atoms with Crippen molar-refractivity contribution in [2.24, 2.45) is 17.8 Å². The van der Waals surface area contributed by atoms with Gasteiger partial charge < -0.3 is 10.0 Å². The third-order valence-corrected chi connectivity index (χ3v) is 3.60. The molecule has 0 radical (unpaired) electrons. The van der Waals surface area contributed by atoms with Crippen LogP contribution < -0.4 is 0 Å². The van der Waals surface area contributed by atoms with E-state index < -0.39 is 5.97 Å². The number of nitrogens with zero attached hydrogens (tertiary/aromatic N) is 1.